The number of hydrogen-bond donors (Lipinski definition) is 1. The Morgan fingerprint density at radius 2 is 2.20 bits per heavy atom. The molecule has 0 spiro atoms. The third-order valence-corrected chi connectivity index (χ3v) is 2.65. The van der Waals surface area contributed by atoms with Crippen LogP contribution < -0.4 is 10.2 Å². The molecule has 0 aliphatic carbocycles. The first-order chi connectivity index (χ1) is 7.33. The fourth-order valence-electron chi connectivity index (χ4n) is 1.83. The lowest BCUT2D eigenvalue weighted by atomic mass is 10.0. The molecule has 2 rings (SSSR count). The molecular weight excluding hydrogens is 192 g/mol. The molecule has 0 bridgehead atoms. The van der Waals surface area contributed by atoms with Gasteiger partial charge < -0.3 is 10.2 Å². The summed E-state index contributed by atoms with van der Waals surface area (Å²) in [6.07, 6.45) is 6.71. The Bertz CT molecular complexity index is 341. The number of carbonyl (C=O) groups excluding carboxylic acids is 1. The molecule has 0 aromatic carbocycles. The van der Waals surface area contributed by atoms with Crippen molar-refractivity contribution in [3.8, 4) is 0 Å². The van der Waals surface area contributed by atoms with Gasteiger partial charge in [0.15, 0.2) is 0 Å². The lowest BCUT2D eigenvalue weighted by Gasteiger charge is -2.31. The van der Waals surface area contributed by atoms with E-state index in [0.717, 1.165) is 25.1 Å². The summed E-state index contributed by atoms with van der Waals surface area (Å²) in [6, 6.07) is -0.0704. The highest BCUT2D eigenvalue weighted by atomic mass is 16.2. The van der Waals surface area contributed by atoms with E-state index in [-0.39, 0.29) is 11.9 Å². The number of anilines is 1. The Morgan fingerprint density at radius 1 is 1.47 bits per heavy atom. The van der Waals surface area contributed by atoms with E-state index < -0.39 is 0 Å². The molecule has 1 aromatic heterocycles. The maximum absolute atomic E-state index is 12.0. The third kappa shape index (κ3) is 1.97. The molecule has 1 N–H and O–H groups in total. The highest BCUT2D eigenvalue weighted by Gasteiger charge is 2.28. The summed E-state index contributed by atoms with van der Waals surface area (Å²) in [6.45, 7) is 0.754. The van der Waals surface area contributed by atoms with E-state index in [1.807, 2.05) is 7.05 Å². The quantitative estimate of drug-likeness (QED) is 0.750. The van der Waals surface area contributed by atoms with Gasteiger partial charge in [-0.3, -0.25) is 4.79 Å². The predicted octanol–water partition coefficient (Wildman–Crippen LogP) is 0.191. The minimum atomic E-state index is -0.0704. The van der Waals surface area contributed by atoms with Crippen LogP contribution in [0.4, 0.5) is 5.69 Å². The van der Waals surface area contributed by atoms with Crippen LogP contribution in [0.1, 0.15) is 12.8 Å². The summed E-state index contributed by atoms with van der Waals surface area (Å²) in [7, 11) is 1.81. The molecule has 1 fully saturated rings. The lowest BCUT2D eigenvalue weighted by molar-refractivity contribution is -0.121. The summed E-state index contributed by atoms with van der Waals surface area (Å²) in [5.74, 6) is 0.110. The van der Waals surface area contributed by atoms with E-state index in [4.69, 9.17) is 0 Å². The van der Waals surface area contributed by atoms with Crippen LogP contribution in [-0.2, 0) is 4.79 Å². The molecule has 1 amide bonds. The normalized spacial score (nSPS) is 21.8. The van der Waals surface area contributed by atoms with Crippen molar-refractivity contribution in [3.05, 3.63) is 18.7 Å². The Labute approximate surface area is 88.5 Å². The monoisotopic (exact) mass is 206 g/mol. The number of piperidine rings is 1. The van der Waals surface area contributed by atoms with Crippen molar-refractivity contribution in [2.45, 2.75) is 18.9 Å². The van der Waals surface area contributed by atoms with E-state index in [9.17, 15) is 4.79 Å². The van der Waals surface area contributed by atoms with Gasteiger partial charge in [0.1, 0.15) is 6.33 Å². The van der Waals surface area contributed by atoms with Crippen LogP contribution in [0.2, 0.25) is 0 Å². The summed E-state index contributed by atoms with van der Waals surface area (Å²) >= 11 is 0. The minimum Gasteiger partial charge on any atom is -0.309 e. The zero-order chi connectivity index (χ0) is 10.7. The smallest absolute Gasteiger partial charge is 0.244 e. The molecule has 5 nitrogen and oxygen atoms in total. The van der Waals surface area contributed by atoms with E-state index in [1.54, 1.807) is 17.3 Å². The van der Waals surface area contributed by atoms with Crippen molar-refractivity contribution in [1.29, 1.82) is 0 Å². The number of amides is 1. The van der Waals surface area contributed by atoms with Gasteiger partial charge in [-0.15, -0.1) is 0 Å². The van der Waals surface area contributed by atoms with Gasteiger partial charge in [-0.2, -0.15) is 0 Å². The molecule has 1 aliphatic rings. The number of aromatic nitrogens is 2. The molecule has 15 heavy (non-hydrogen) atoms. The molecule has 1 unspecified atom stereocenters. The zero-order valence-electron chi connectivity index (χ0n) is 8.68. The molecule has 80 valence electrons. The number of nitrogens with zero attached hydrogens (tertiary/aromatic N) is 3. The van der Waals surface area contributed by atoms with Gasteiger partial charge in [0, 0.05) is 6.54 Å². The second-order valence-electron chi connectivity index (χ2n) is 3.57. The first kappa shape index (κ1) is 10.0. The number of nitrogens with one attached hydrogen (secondary N) is 1. The van der Waals surface area contributed by atoms with Gasteiger partial charge in [-0.1, -0.05) is 0 Å². The van der Waals surface area contributed by atoms with Crippen LogP contribution in [0.25, 0.3) is 0 Å². The highest BCUT2D eigenvalue weighted by molar-refractivity contribution is 5.97. The Kier molecular flexibility index (Phi) is 2.91. The maximum Gasteiger partial charge on any atom is 0.244 e. The standard InChI is InChI=1S/C10H14N4O/c1-11-9-3-2-4-14(10(9)15)8-5-12-7-13-6-8/h5-7,9,11H,2-4H2,1H3. The summed E-state index contributed by atoms with van der Waals surface area (Å²) < 4.78 is 0. The molecule has 1 aliphatic heterocycles. The van der Waals surface area contributed by atoms with Crippen LogP contribution in [0.5, 0.6) is 0 Å². The summed E-state index contributed by atoms with van der Waals surface area (Å²) in [5, 5.41) is 3.02. The number of rotatable bonds is 2. The van der Waals surface area contributed by atoms with E-state index in [1.165, 1.54) is 6.33 Å². The highest BCUT2D eigenvalue weighted by Crippen LogP contribution is 2.18. The molecule has 2 heterocycles. The van der Waals surface area contributed by atoms with Gasteiger partial charge in [0.05, 0.1) is 24.1 Å². The predicted molar refractivity (Wildman–Crippen MR) is 56.5 cm³/mol. The molecule has 1 atom stereocenters. The van der Waals surface area contributed by atoms with Crippen molar-refractivity contribution in [2.75, 3.05) is 18.5 Å². The SMILES string of the molecule is CNC1CCCN(c2cncnc2)C1=O. The lowest BCUT2D eigenvalue weighted by Crippen LogP contribution is -2.49. The van der Waals surface area contributed by atoms with E-state index in [2.05, 4.69) is 15.3 Å². The second-order valence-corrected chi connectivity index (χ2v) is 3.57. The van der Waals surface area contributed by atoms with Crippen LogP contribution in [0.15, 0.2) is 18.7 Å². The van der Waals surface area contributed by atoms with Gasteiger partial charge in [0.2, 0.25) is 5.91 Å². The van der Waals surface area contributed by atoms with Crippen molar-refractivity contribution >= 4 is 11.6 Å². The van der Waals surface area contributed by atoms with Gasteiger partial charge in [0.25, 0.3) is 0 Å². The first-order valence-corrected chi connectivity index (χ1v) is 5.06. The van der Waals surface area contributed by atoms with Gasteiger partial charge in [-0.05, 0) is 19.9 Å². The fourth-order valence-corrected chi connectivity index (χ4v) is 1.83. The van der Waals surface area contributed by atoms with E-state index in [0.29, 0.717) is 0 Å². The molecule has 1 saturated heterocycles. The summed E-state index contributed by atoms with van der Waals surface area (Å²) in [5.41, 5.74) is 0.780. The molecule has 0 radical (unpaired) electrons. The average molecular weight is 206 g/mol. The van der Waals surface area contributed by atoms with Crippen LogP contribution in [-0.4, -0.2) is 35.5 Å². The average Bonchev–Trinajstić information content (AvgIpc) is 2.30. The largest absolute Gasteiger partial charge is 0.309 e. The van der Waals surface area contributed by atoms with Crippen molar-refractivity contribution in [3.63, 3.8) is 0 Å². The van der Waals surface area contributed by atoms with Gasteiger partial charge >= 0.3 is 0 Å². The number of carbonyl (C=O) groups is 1. The minimum absolute atomic E-state index is 0.0704. The van der Waals surface area contributed by atoms with Crippen molar-refractivity contribution < 1.29 is 4.79 Å². The van der Waals surface area contributed by atoms with E-state index >= 15 is 0 Å². The molecule has 5 heteroatoms. The maximum atomic E-state index is 12.0. The topological polar surface area (TPSA) is 58.1 Å². The Hall–Kier alpha value is -1.49. The fraction of sp³-hybridized carbons (Fsp3) is 0.500. The van der Waals surface area contributed by atoms with Crippen molar-refractivity contribution in [1.82, 2.24) is 15.3 Å². The Balaban J connectivity index is 2.19. The Morgan fingerprint density at radius 3 is 2.87 bits per heavy atom. The zero-order valence-corrected chi connectivity index (χ0v) is 8.68. The second kappa shape index (κ2) is 4.35. The molecule has 0 saturated carbocycles. The molecular formula is C10H14N4O. The van der Waals surface area contributed by atoms with Crippen LogP contribution in [0, 0.1) is 0 Å². The first-order valence-electron chi connectivity index (χ1n) is 5.06. The van der Waals surface area contributed by atoms with Crippen LogP contribution in [0.3, 0.4) is 0 Å². The molecule has 1 aromatic rings. The van der Waals surface area contributed by atoms with Crippen LogP contribution >= 0.6 is 0 Å². The number of likely N-dealkylation sites (N-methyl/N-ethyl adjacent to an activating group) is 1. The van der Waals surface area contributed by atoms with Gasteiger partial charge in [-0.25, -0.2) is 9.97 Å². The summed E-state index contributed by atoms with van der Waals surface area (Å²) in [4.78, 5) is 21.5. The number of hydrogen-bond acceptors (Lipinski definition) is 4. The third-order valence-electron chi connectivity index (χ3n) is 2.65. The van der Waals surface area contributed by atoms with Crippen molar-refractivity contribution in [2.24, 2.45) is 0 Å².